The predicted molar refractivity (Wildman–Crippen MR) is 161 cm³/mol. The molecule has 0 unspecified atom stereocenters. The molecule has 0 saturated heterocycles. The molecule has 3 aromatic carbocycles. The van der Waals surface area contributed by atoms with Crippen molar-refractivity contribution in [3.05, 3.63) is 132 Å². The molecule has 41 heavy (non-hydrogen) atoms. The van der Waals surface area contributed by atoms with Crippen molar-refractivity contribution in [3.8, 4) is 22.8 Å². The Bertz CT molecular complexity index is 2020. The maximum absolute atomic E-state index is 14.1. The molecule has 2 aromatic heterocycles. The fraction of sp³-hybridized carbons (Fsp3) is 0.152. The van der Waals surface area contributed by atoms with Gasteiger partial charge in [-0.3, -0.25) is 9.36 Å². The maximum atomic E-state index is 14.1. The number of rotatable bonds is 5. The first-order valence-corrected chi connectivity index (χ1v) is 14.4. The third kappa shape index (κ3) is 4.42. The number of furan rings is 1. The number of benzene rings is 3. The molecule has 1 aliphatic carbocycles. The molecule has 1 aliphatic heterocycles. The third-order valence-electron chi connectivity index (χ3n) is 7.63. The first kappa shape index (κ1) is 25.6. The van der Waals surface area contributed by atoms with Crippen LogP contribution >= 0.6 is 22.9 Å². The summed E-state index contributed by atoms with van der Waals surface area (Å²) >= 11 is 7.41. The van der Waals surface area contributed by atoms with Gasteiger partial charge in [0.05, 0.1) is 30.5 Å². The van der Waals surface area contributed by atoms with E-state index in [1.807, 2.05) is 65.2 Å². The molecule has 0 radical (unpaired) electrons. The van der Waals surface area contributed by atoms with Gasteiger partial charge >= 0.3 is 0 Å². The van der Waals surface area contributed by atoms with E-state index in [1.54, 1.807) is 20.3 Å². The van der Waals surface area contributed by atoms with Crippen LogP contribution in [0.25, 0.3) is 23.1 Å². The predicted octanol–water partition coefficient (Wildman–Crippen LogP) is 6.25. The highest BCUT2D eigenvalue weighted by atomic mass is 35.5. The molecule has 6 nitrogen and oxygen atoms in total. The Balaban J connectivity index is 1.40. The van der Waals surface area contributed by atoms with E-state index in [9.17, 15) is 4.79 Å². The van der Waals surface area contributed by atoms with Crippen molar-refractivity contribution < 1.29 is 13.9 Å². The highest BCUT2D eigenvalue weighted by Crippen LogP contribution is 2.42. The summed E-state index contributed by atoms with van der Waals surface area (Å²) in [4.78, 5) is 19.8. The third-order valence-corrected chi connectivity index (χ3v) is 8.86. The molecule has 7 rings (SSSR count). The number of hydrogen-bond donors (Lipinski definition) is 0. The van der Waals surface area contributed by atoms with Crippen LogP contribution in [0.2, 0.25) is 5.02 Å². The molecule has 0 saturated carbocycles. The molecule has 0 spiro atoms. The van der Waals surface area contributed by atoms with Gasteiger partial charge in [0, 0.05) is 22.2 Å². The van der Waals surface area contributed by atoms with Gasteiger partial charge in [-0.1, -0.05) is 53.3 Å². The van der Waals surface area contributed by atoms with E-state index >= 15 is 0 Å². The fourth-order valence-electron chi connectivity index (χ4n) is 5.67. The van der Waals surface area contributed by atoms with Crippen LogP contribution in [-0.2, 0) is 6.42 Å². The van der Waals surface area contributed by atoms with Gasteiger partial charge in [-0.15, -0.1) is 0 Å². The molecule has 1 atom stereocenters. The van der Waals surface area contributed by atoms with Crippen molar-refractivity contribution in [3.63, 3.8) is 0 Å². The molecule has 5 aromatic rings. The lowest BCUT2D eigenvalue weighted by atomic mass is 9.83. The summed E-state index contributed by atoms with van der Waals surface area (Å²) in [5.41, 5.74) is 6.21. The van der Waals surface area contributed by atoms with Crippen LogP contribution in [0.5, 0.6) is 11.5 Å². The van der Waals surface area contributed by atoms with Crippen LogP contribution in [-0.4, -0.2) is 18.8 Å². The Kier molecular flexibility index (Phi) is 6.41. The van der Waals surface area contributed by atoms with E-state index < -0.39 is 0 Å². The quantitative estimate of drug-likeness (QED) is 0.246. The molecule has 0 N–H and O–H groups in total. The van der Waals surface area contributed by atoms with E-state index in [2.05, 4.69) is 18.2 Å². The zero-order chi connectivity index (χ0) is 28.1. The van der Waals surface area contributed by atoms with Gasteiger partial charge < -0.3 is 13.9 Å². The smallest absolute Gasteiger partial charge is 0.271 e. The highest BCUT2D eigenvalue weighted by Gasteiger charge is 2.33. The Morgan fingerprint density at radius 3 is 2.59 bits per heavy atom. The summed E-state index contributed by atoms with van der Waals surface area (Å²) in [6.07, 6.45) is 3.49. The van der Waals surface area contributed by atoms with Gasteiger partial charge in [0.25, 0.3) is 5.56 Å². The number of ether oxygens (including phenoxy) is 2. The summed E-state index contributed by atoms with van der Waals surface area (Å²) in [6, 6.07) is 25.1. The van der Waals surface area contributed by atoms with Gasteiger partial charge in [0.15, 0.2) is 16.3 Å². The summed E-state index contributed by atoms with van der Waals surface area (Å²) in [6.45, 7) is 0. The topological polar surface area (TPSA) is 66.0 Å². The van der Waals surface area contributed by atoms with Crippen molar-refractivity contribution in [1.29, 1.82) is 0 Å². The Morgan fingerprint density at radius 1 is 0.976 bits per heavy atom. The normalized spacial score (nSPS) is 16.1. The molecule has 0 amide bonds. The minimum absolute atomic E-state index is 0.108. The summed E-state index contributed by atoms with van der Waals surface area (Å²) in [5, 5.41) is 0.663. The summed E-state index contributed by atoms with van der Waals surface area (Å²) in [5.74, 6) is 2.56. The van der Waals surface area contributed by atoms with Crippen LogP contribution < -0.4 is 24.4 Å². The number of fused-ring (bicyclic) bond motifs is 3. The van der Waals surface area contributed by atoms with Crippen molar-refractivity contribution in [1.82, 2.24) is 4.57 Å². The van der Waals surface area contributed by atoms with Crippen LogP contribution in [0.4, 0.5) is 0 Å². The zero-order valence-electron chi connectivity index (χ0n) is 22.4. The maximum Gasteiger partial charge on any atom is 0.271 e. The molecule has 204 valence electrons. The average Bonchev–Trinajstić information content (AvgIpc) is 3.60. The van der Waals surface area contributed by atoms with E-state index in [0.29, 0.717) is 37.4 Å². The summed E-state index contributed by atoms with van der Waals surface area (Å²) < 4.78 is 19.6. The SMILES string of the molecule is COc1ccc([C@@H]2C3=C(N=c4s/c(=C/c5ccc(-c6ccc(Cl)cc6)o5)c(=O)n42)c2ccccc2CC3)cc1OC. The zero-order valence-corrected chi connectivity index (χ0v) is 24.0. The first-order valence-electron chi connectivity index (χ1n) is 13.2. The number of allylic oxidation sites excluding steroid dienone is 1. The monoisotopic (exact) mass is 580 g/mol. The largest absolute Gasteiger partial charge is 0.493 e. The molecule has 2 aliphatic rings. The van der Waals surface area contributed by atoms with Crippen LogP contribution in [0.1, 0.15) is 34.9 Å². The molecule has 3 heterocycles. The first-order chi connectivity index (χ1) is 20.0. The fourth-order valence-corrected chi connectivity index (χ4v) is 6.78. The van der Waals surface area contributed by atoms with Crippen molar-refractivity contribution in [2.45, 2.75) is 18.9 Å². The number of methoxy groups -OCH3 is 2. The van der Waals surface area contributed by atoms with E-state index in [4.69, 9.17) is 30.5 Å². The Labute approximate surface area is 245 Å². The number of aromatic nitrogens is 1. The van der Waals surface area contributed by atoms with Gasteiger partial charge in [-0.2, -0.15) is 0 Å². The highest BCUT2D eigenvalue weighted by molar-refractivity contribution is 7.07. The standard InChI is InChI=1S/C33H25ClN2O4S/c1-38-27-15-10-21(17-28(27)39-2)31-25-14-9-19-5-3-4-6-24(19)30(25)35-33-36(31)32(37)29(41-33)18-23-13-16-26(40-23)20-7-11-22(34)12-8-20/h3-8,10-13,15-18,31H,9,14H2,1-2H3/b29-18+/t31-/m1/s1. The van der Waals surface area contributed by atoms with E-state index in [-0.39, 0.29) is 11.6 Å². The average molecular weight is 581 g/mol. The number of nitrogens with zero attached hydrogens (tertiary/aromatic N) is 2. The van der Waals surface area contributed by atoms with Crippen LogP contribution in [0, 0.1) is 0 Å². The summed E-state index contributed by atoms with van der Waals surface area (Å²) in [7, 11) is 3.24. The van der Waals surface area contributed by atoms with E-state index in [1.165, 1.54) is 16.9 Å². The van der Waals surface area contributed by atoms with Gasteiger partial charge in [0.1, 0.15) is 11.5 Å². The lowest BCUT2D eigenvalue weighted by Crippen LogP contribution is -2.38. The second-order valence-corrected chi connectivity index (χ2v) is 11.4. The molecule has 8 heteroatoms. The number of halogens is 1. The Morgan fingerprint density at radius 2 is 1.78 bits per heavy atom. The van der Waals surface area contributed by atoms with Crippen molar-refractivity contribution in [2.24, 2.45) is 4.99 Å². The number of aryl methyl sites for hydroxylation is 1. The number of hydrogen-bond acceptors (Lipinski definition) is 6. The lowest BCUT2D eigenvalue weighted by molar-refractivity contribution is 0.354. The van der Waals surface area contributed by atoms with Crippen LogP contribution in [0.15, 0.2) is 98.6 Å². The molecule has 0 fully saturated rings. The Hall–Kier alpha value is -4.33. The van der Waals surface area contributed by atoms with E-state index in [0.717, 1.165) is 40.8 Å². The molecular formula is C33H25ClN2O4S. The van der Waals surface area contributed by atoms with Crippen molar-refractivity contribution >= 4 is 34.7 Å². The number of thiazole rings is 1. The molecule has 0 bridgehead atoms. The lowest BCUT2D eigenvalue weighted by Gasteiger charge is -2.31. The van der Waals surface area contributed by atoms with Crippen molar-refractivity contribution in [2.75, 3.05) is 14.2 Å². The second-order valence-electron chi connectivity index (χ2n) is 9.94. The van der Waals surface area contributed by atoms with Crippen LogP contribution in [0.3, 0.4) is 0 Å². The second kappa shape index (κ2) is 10.3. The molecular weight excluding hydrogens is 556 g/mol. The van der Waals surface area contributed by atoms with Gasteiger partial charge in [0.2, 0.25) is 0 Å². The van der Waals surface area contributed by atoms with Gasteiger partial charge in [-0.05, 0) is 78.1 Å². The minimum Gasteiger partial charge on any atom is -0.493 e. The van der Waals surface area contributed by atoms with Gasteiger partial charge in [-0.25, -0.2) is 4.99 Å². The minimum atomic E-state index is -0.321.